The minimum absolute atomic E-state index is 0.271. The van der Waals surface area contributed by atoms with E-state index < -0.39 is 6.04 Å². The Bertz CT molecular complexity index is 499. The highest BCUT2D eigenvalue weighted by molar-refractivity contribution is 9.10. The average Bonchev–Trinajstić information content (AvgIpc) is 2.50. The van der Waals surface area contributed by atoms with Gasteiger partial charge in [-0.1, -0.05) is 12.1 Å². The second-order valence-corrected chi connectivity index (χ2v) is 6.15. The van der Waals surface area contributed by atoms with Crippen molar-refractivity contribution in [3.05, 3.63) is 34.3 Å². The molecule has 0 spiro atoms. The molecule has 1 aromatic rings. The number of hydrogen-bond donors (Lipinski definition) is 1. The van der Waals surface area contributed by atoms with E-state index >= 15 is 0 Å². The highest BCUT2D eigenvalue weighted by Gasteiger charge is 2.24. The number of benzene rings is 1. The van der Waals surface area contributed by atoms with Crippen molar-refractivity contribution in [2.24, 2.45) is 0 Å². The van der Waals surface area contributed by atoms with E-state index in [0.29, 0.717) is 16.5 Å². The summed E-state index contributed by atoms with van der Waals surface area (Å²) in [6.45, 7) is 0. The molecule has 0 fully saturated rings. The molecular weight excluding hydrogens is 356 g/mol. The molecule has 21 heavy (non-hydrogen) atoms. The van der Waals surface area contributed by atoms with Crippen molar-refractivity contribution in [2.45, 2.75) is 12.5 Å². The Kier molecular flexibility index (Phi) is 7.77. The molecule has 0 unspecified atom stereocenters. The van der Waals surface area contributed by atoms with E-state index in [2.05, 4.69) is 21.2 Å². The molecule has 0 heterocycles. The van der Waals surface area contributed by atoms with Crippen LogP contribution < -0.4 is 5.32 Å². The van der Waals surface area contributed by atoms with Crippen LogP contribution in [-0.4, -0.2) is 49.1 Å². The Morgan fingerprint density at radius 2 is 2.10 bits per heavy atom. The Morgan fingerprint density at radius 3 is 2.67 bits per heavy atom. The van der Waals surface area contributed by atoms with Crippen molar-refractivity contribution in [1.29, 1.82) is 0 Å². The lowest BCUT2D eigenvalue weighted by molar-refractivity contribution is -0.170. The van der Waals surface area contributed by atoms with E-state index in [1.54, 1.807) is 30.0 Å². The van der Waals surface area contributed by atoms with Crippen LogP contribution in [-0.2, 0) is 9.63 Å². The first-order valence-corrected chi connectivity index (χ1v) is 8.56. The fourth-order valence-electron chi connectivity index (χ4n) is 1.68. The van der Waals surface area contributed by atoms with Gasteiger partial charge in [0.15, 0.2) is 0 Å². The minimum atomic E-state index is -0.609. The Hall–Kier alpha value is -1.05. The van der Waals surface area contributed by atoms with Gasteiger partial charge in [0.2, 0.25) is 0 Å². The molecular formula is C14H19BrN2O3S. The molecule has 0 saturated carbocycles. The fourth-order valence-corrected chi connectivity index (χ4v) is 2.62. The maximum atomic E-state index is 12.3. The molecule has 7 heteroatoms. The second kappa shape index (κ2) is 9.07. The van der Waals surface area contributed by atoms with Crippen LogP contribution in [0.1, 0.15) is 16.8 Å². The van der Waals surface area contributed by atoms with E-state index in [-0.39, 0.29) is 11.8 Å². The molecule has 0 aliphatic carbocycles. The van der Waals surface area contributed by atoms with Gasteiger partial charge in [0.25, 0.3) is 11.8 Å². The van der Waals surface area contributed by atoms with E-state index in [4.69, 9.17) is 4.84 Å². The molecule has 0 aliphatic rings. The van der Waals surface area contributed by atoms with Crippen molar-refractivity contribution >= 4 is 39.5 Å². The SMILES string of the molecule is CON(C)C(=O)[C@H](CCSC)NC(=O)c1ccccc1Br. The molecule has 0 bridgehead atoms. The second-order valence-electron chi connectivity index (χ2n) is 4.31. The van der Waals surface area contributed by atoms with Crippen molar-refractivity contribution in [3.8, 4) is 0 Å². The number of hydroxylamine groups is 2. The van der Waals surface area contributed by atoms with Crippen LogP contribution in [0, 0.1) is 0 Å². The maximum Gasteiger partial charge on any atom is 0.268 e. The minimum Gasteiger partial charge on any atom is -0.340 e. The molecule has 1 atom stereocenters. The third kappa shape index (κ3) is 5.33. The van der Waals surface area contributed by atoms with Gasteiger partial charge in [-0.05, 0) is 46.5 Å². The number of amides is 2. The smallest absolute Gasteiger partial charge is 0.268 e. The number of nitrogens with zero attached hydrogens (tertiary/aromatic N) is 1. The molecule has 0 radical (unpaired) electrons. The quantitative estimate of drug-likeness (QED) is 0.744. The van der Waals surface area contributed by atoms with Gasteiger partial charge in [0.1, 0.15) is 6.04 Å². The Labute approximate surface area is 137 Å². The predicted octanol–water partition coefficient (Wildman–Crippen LogP) is 2.32. The van der Waals surface area contributed by atoms with Crippen molar-refractivity contribution in [3.63, 3.8) is 0 Å². The Morgan fingerprint density at radius 1 is 1.43 bits per heavy atom. The number of likely N-dealkylation sites (N-methyl/N-ethyl adjacent to an activating group) is 1. The van der Waals surface area contributed by atoms with Gasteiger partial charge in [0, 0.05) is 11.5 Å². The van der Waals surface area contributed by atoms with E-state index in [0.717, 1.165) is 10.8 Å². The average molecular weight is 375 g/mol. The summed E-state index contributed by atoms with van der Waals surface area (Å²) in [5.41, 5.74) is 0.500. The highest BCUT2D eigenvalue weighted by Crippen LogP contribution is 2.16. The van der Waals surface area contributed by atoms with Gasteiger partial charge in [-0.15, -0.1) is 0 Å². The number of rotatable bonds is 7. The predicted molar refractivity (Wildman–Crippen MR) is 88.2 cm³/mol. The molecule has 0 aromatic heterocycles. The van der Waals surface area contributed by atoms with Gasteiger partial charge < -0.3 is 5.32 Å². The van der Waals surface area contributed by atoms with Gasteiger partial charge in [-0.25, -0.2) is 5.06 Å². The summed E-state index contributed by atoms with van der Waals surface area (Å²) in [4.78, 5) is 29.4. The van der Waals surface area contributed by atoms with Crippen LogP contribution in [0.2, 0.25) is 0 Å². The first-order valence-electron chi connectivity index (χ1n) is 6.37. The zero-order chi connectivity index (χ0) is 15.8. The summed E-state index contributed by atoms with van der Waals surface area (Å²) in [5.74, 6) is 0.211. The summed E-state index contributed by atoms with van der Waals surface area (Å²) < 4.78 is 0.693. The number of halogens is 1. The van der Waals surface area contributed by atoms with Crippen LogP contribution in [0.3, 0.4) is 0 Å². The van der Waals surface area contributed by atoms with Gasteiger partial charge in [-0.3, -0.25) is 14.4 Å². The molecule has 5 nitrogen and oxygen atoms in total. The summed E-state index contributed by atoms with van der Waals surface area (Å²) in [6.07, 6.45) is 2.50. The largest absolute Gasteiger partial charge is 0.340 e. The summed E-state index contributed by atoms with van der Waals surface area (Å²) in [5, 5.41) is 3.90. The number of carbonyl (C=O) groups is 2. The van der Waals surface area contributed by atoms with Crippen LogP contribution in [0.15, 0.2) is 28.7 Å². The van der Waals surface area contributed by atoms with Crippen molar-refractivity contribution in [2.75, 3.05) is 26.2 Å². The van der Waals surface area contributed by atoms with Crippen LogP contribution in [0.25, 0.3) is 0 Å². The summed E-state index contributed by atoms with van der Waals surface area (Å²) >= 11 is 4.95. The molecule has 1 N–H and O–H groups in total. The zero-order valence-corrected chi connectivity index (χ0v) is 14.7. The molecule has 0 aliphatic heterocycles. The lowest BCUT2D eigenvalue weighted by atomic mass is 10.1. The number of nitrogens with one attached hydrogen (secondary N) is 1. The van der Waals surface area contributed by atoms with E-state index in [1.807, 2.05) is 12.3 Å². The first kappa shape index (κ1) is 18.0. The zero-order valence-electron chi connectivity index (χ0n) is 12.3. The van der Waals surface area contributed by atoms with Crippen LogP contribution >= 0.6 is 27.7 Å². The monoisotopic (exact) mass is 374 g/mol. The van der Waals surface area contributed by atoms with Crippen LogP contribution in [0.5, 0.6) is 0 Å². The van der Waals surface area contributed by atoms with Gasteiger partial charge >= 0.3 is 0 Å². The van der Waals surface area contributed by atoms with E-state index in [1.165, 1.54) is 14.2 Å². The lowest BCUT2D eigenvalue weighted by Gasteiger charge is -2.22. The molecule has 116 valence electrons. The lowest BCUT2D eigenvalue weighted by Crippen LogP contribution is -2.47. The molecule has 1 rings (SSSR count). The van der Waals surface area contributed by atoms with Gasteiger partial charge in [0.05, 0.1) is 12.7 Å². The molecule has 2 amide bonds. The first-order chi connectivity index (χ1) is 10.0. The van der Waals surface area contributed by atoms with E-state index in [9.17, 15) is 9.59 Å². The van der Waals surface area contributed by atoms with Crippen molar-refractivity contribution in [1.82, 2.24) is 10.4 Å². The van der Waals surface area contributed by atoms with Crippen LogP contribution in [0.4, 0.5) is 0 Å². The van der Waals surface area contributed by atoms with Gasteiger partial charge in [-0.2, -0.15) is 11.8 Å². The summed E-state index contributed by atoms with van der Waals surface area (Å²) in [6, 6.07) is 6.49. The van der Waals surface area contributed by atoms with Crippen molar-refractivity contribution < 1.29 is 14.4 Å². The maximum absolute atomic E-state index is 12.3. The molecule has 0 saturated heterocycles. The Balaban J connectivity index is 2.83. The normalized spacial score (nSPS) is 11.8. The standard InChI is InChI=1S/C14H19BrN2O3S/c1-17(20-2)14(19)12(8-9-21-3)16-13(18)10-6-4-5-7-11(10)15/h4-7,12H,8-9H2,1-3H3,(H,16,18)/t12-/m0/s1. The third-order valence-electron chi connectivity index (χ3n) is 2.92. The number of carbonyl (C=O) groups excluding carboxylic acids is 2. The third-order valence-corrected chi connectivity index (χ3v) is 4.25. The topological polar surface area (TPSA) is 58.6 Å². The molecule has 1 aromatic carbocycles. The number of thioether (sulfide) groups is 1. The number of hydrogen-bond acceptors (Lipinski definition) is 4. The summed E-state index contributed by atoms with van der Waals surface area (Å²) in [7, 11) is 2.94. The highest BCUT2D eigenvalue weighted by atomic mass is 79.9. The fraction of sp³-hybridized carbons (Fsp3) is 0.429.